The molecule has 2 aliphatic heterocycles. The van der Waals surface area contributed by atoms with Gasteiger partial charge < -0.3 is 35.0 Å². The van der Waals surface area contributed by atoms with E-state index in [0.29, 0.717) is 27.8 Å². The molecule has 86 heavy (non-hydrogen) atoms. The second kappa shape index (κ2) is 26.5. The summed E-state index contributed by atoms with van der Waals surface area (Å²) >= 11 is 6.20. The third-order valence-electron chi connectivity index (χ3n) is 14.0. The van der Waals surface area contributed by atoms with Crippen molar-refractivity contribution in [2.45, 2.75) is 130 Å². The van der Waals surface area contributed by atoms with Crippen molar-refractivity contribution in [3.63, 3.8) is 0 Å². The Bertz CT molecular complexity index is 3530. The first-order valence-corrected chi connectivity index (χ1v) is 30.9. The van der Waals surface area contributed by atoms with Crippen LogP contribution in [0.1, 0.15) is 123 Å². The Morgan fingerprint density at radius 3 is 1.20 bits per heavy atom. The van der Waals surface area contributed by atoms with Crippen molar-refractivity contribution in [1.29, 1.82) is 0 Å². The fraction of sp³-hybridized carbons (Fsp3) is 0.394. The van der Waals surface area contributed by atoms with Gasteiger partial charge in [0.05, 0.1) is 26.1 Å². The number of rotatable bonds is 15. The first-order chi connectivity index (χ1) is 40.3. The van der Waals surface area contributed by atoms with Gasteiger partial charge in [0.25, 0.3) is 11.8 Å². The SMILES string of the molecule is CC(C)(C)OC(=O)C1CN(C(=O)[C@H](Cc2ccc(-c3ncc(-c4ccc(O)cc4)cn3)cc2)NC(=O)c2ccc(C(C)(C)C)s2)C1.CC(C)(C)OC(=O)C1CN(C(=O)[C@H](Cc2ccc(-c3ncc(Br)cn3)cc2)NC(=O)c2ccc(C(C)(C)C)s2)C1. The number of amides is 4. The standard InChI is InChI=1S/C36H40N4O5S.C30H35BrN4O4S/c1-35(2,3)30-16-15-29(46-30)32(42)39-28(33(43)40-20-26(21-40)34(44)45-36(4,5)6)17-22-7-9-24(10-8-22)31-37-18-25(19-38-31)23-11-13-27(41)14-12-23;1-29(2,3)24-12-11-23(40-24)26(36)34-22(27(37)35-16-20(17-35)28(38)39-30(4,5)6)13-18-7-9-19(10-8-18)25-32-14-21(31)15-33-25/h7-16,18-19,26,28,41H,17,20-21H2,1-6H3,(H,39,42);7-12,14-15,20,22H,13,16-17H2,1-6H3,(H,34,36)/t28-;22-/m00/s1. The summed E-state index contributed by atoms with van der Waals surface area (Å²) in [5.74, 6) is -1.09. The van der Waals surface area contributed by atoms with Crippen LogP contribution < -0.4 is 10.6 Å². The van der Waals surface area contributed by atoms with Crippen LogP contribution in [0.3, 0.4) is 0 Å². The molecule has 0 unspecified atom stereocenters. The molecule has 2 saturated heterocycles. The van der Waals surface area contributed by atoms with Gasteiger partial charge in [-0.3, -0.25) is 28.8 Å². The van der Waals surface area contributed by atoms with Gasteiger partial charge in [-0.05, 0) is 121 Å². The Kier molecular flexibility index (Phi) is 19.8. The molecule has 7 aromatic rings. The van der Waals surface area contributed by atoms with E-state index in [0.717, 1.165) is 47.6 Å². The lowest BCUT2D eigenvalue weighted by atomic mass is 9.95. The van der Waals surface area contributed by atoms with Gasteiger partial charge >= 0.3 is 11.9 Å². The third-order valence-corrected chi connectivity index (χ3v) is 17.4. The van der Waals surface area contributed by atoms with E-state index in [4.69, 9.17) is 9.47 Å². The summed E-state index contributed by atoms with van der Waals surface area (Å²) in [6.45, 7) is 24.5. The van der Waals surface area contributed by atoms with Crippen molar-refractivity contribution in [2.24, 2.45) is 11.8 Å². The fourth-order valence-corrected chi connectivity index (χ4v) is 11.3. The lowest BCUT2D eigenvalue weighted by Crippen LogP contribution is -2.59. The lowest BCUT2D eigenvalue weighted by molar-refractivity contribution is -0.169. The summed E-state index contributed by atoms with van der Waals surface area (Å²) in [6.07, 6.45) is 7.43. The molecule has 452 valence electrons. The zero-order chi connectivity index (χ0) is 62.5. The van der Waals surface area contributed by atoms with Crippen LogP contribution in [0.5, 0.6) is 5.75 Å². The van der Waals surface area contributed by atoms with Crippen LogP contribution in [-0.2, 0) is 52.3 Å². The summed E-state index contributed by atoms with van der Waals surface area (Å²) in [5.41, 5.74) is 3.76. The van der Waals surface area contributed by atoms with Crippen LogP contribution in [0.15, 0.2) is 126 Å². The zero-order valence-electron chi connectivity index (χ0n) is 50.7. The fourth-order valence-electron chi connectivity index (χ4n) is 9.20. The number of nitrogens with one attached hydrogen (secondary N) is 2. The first kappa shape index (κ1) is 64.3. The van der Waals surface area contributed by atoms with E-state index in [2.05, 4.69) is 88.0 Å². The maximum absolute atomic E-state index is 13.7. The Morgan fingerprint density at radius 1 is 0.512 bits per heavy atom. The number of benzene rings is 3. The number of aromatic nitrogens is 4. The summed E-state index contributed by atoms with van der Waals surface area (Å²) in [5, 5.41) is 15.5. The molecule has 2 fully saturated rings. The second-order valence-electron chi connectivity index (χ2n) is 25.7. The van der Waals surface area contributed by atoms with Crippen LogP contribution in [0.4, 0.5) is 0 Å². The number of nitrogens with zero attached hydrogens (tertiary/aromatic N) is 6. The molecule has 0 radical (unpaired) electrons. The van der Waals surface area contributed by atoms with Gasteiger partial charge in [0.15, 0.2) is 11.6 Å². The minimum absolute atomic E-state index is 0.0764. The smallest absolute Gasteiger partial charge is 0.313 e. The monoisotopic (exact) mass is 1270 g/mol. The molecular formula is C66H75BrN8O9S2. The van der Waals surface area contributed by atoms with Gasteiger partial charge in [0.2, 0.25) is 11.8 Å². The van der Waals surface area contributed by atoms with Crippen molar-refractivity contribution in [2.75, 3.05) is 26.2 Å². The van der Waals surface area contributed by atoms with Crippen LogP contribution in [0, 0.1) is 11.8 Å². The Morgan fingerprint density at radius 2 is 0.860 bits per heavy atom. The number of phenols is 1. The molecule has 0 saturated carbocycles. The molecule has 0 bridgehead atoms. The van der Waals surface area contributed by atoms with Crippen molar-refractivity contribution in [1.82, 2.24) is 40.4 Å². The lowest BCUT2D eigenvalue weighted by Gasteiger charge is -2.40. The van der Waals surface area contributed by atoms with Gasteiger partial charge in [0.1, 0.15) is 29.0 Å². The number of carbonyl (C=O) groups is 6. The van der Waals surface area contributed by atoms with Crippen LogP contribution >= 0.6 is 38.6 Å². The van der Waals surface area contributed by atoms with E-state index in [1.165, 1.54) is 22.7 Å². The summed E-state index contributed by atoms with van der Waals surface area (Å²) in [4.78, 5) is 103. The predicted molar refractivity (Wildman–Crippen MR) is 338 cm³/mol. The zero-order valence-corrected chi connectivity index (χ0v) is 53.9. The third kappa shape index (κ3) is 17.3. The van der Waals surface area contributed by atoms with Gasteiger partial charge in [-0.1, -0.05) is 102 Å². The number of carbonyl (C=O) groups excluding carboxylic acids is 6. The van der Waals surface area contributed by atoms with Crippen LogP contribution in [-0.4, -0.2) is 120 Å². The highest BCUT2D eigenvalue weighted by atomic mass is 79.9. The average Bonchev–Trinajstić information content (AvgIpc) is 1.17. The van der Waals surface area contributed by atoms with Crippen LogP contribution in [0.25, 0.3) is 33.9 Å². The van der Waals surface area contributed by atoms with Gasteiger partial charge in [-0.25, -0.2) is 19.9 Å². The molecular weight excluding hydrogens is 1190 g/mol. The molecule has 20 heteroatoms. The minimum atomic E-state index is -0.820. The largest absolute Gasteiger partial charge is 0.508 e. The van der Waals surface area contributed by atoms with E-state index < -0.39 is 23.3 Å². The molecule has 4 aromatic heterocycles. The van der Waals surface area contributed by atoms with Crippen LogP contribution in [0.2, 0.25) is 0 Å². The quantitative estimate of drug-likeness (QED) is 0.0814. The van der Waals surface area contributed by atoms with Crippen molar-refractivity contribution < 1.29 is 43.3 Å². The molecule has 6 heterocycles. The summed E-state index contributed by atoms with van der Waals surface area (Å²) in [7, 11) is 0. The molecule has 3 N–H and O–H groups in total. The van der Waals surface area contributed by atoms with Crippen molar-refractivity contribution in [3.05, 3.63) is 157 Å². The predicted octanol–water partition coefficient (Wildman–Crippen LogP) is 11.4. The number of aromatic hydroxyl groups is 1. The van der Waals surface area contributed by atoms with Crippen molar-refractivity contribution >= 4 is 74.2 Å². The van der Waals surface area contributed by atoms with E-state index in [-0.39, 0.29) is 96.6 Å². The normalized spacial score (nSPS) is 14.6. The molecule has 2 atom stereocenters. The highest BCUT2D eigenvalue weighted by Crippen LogP contribution is 2.32. The number of ether oxygens (including phenoxy) is 2. The van der Waals surface area contributed by atoms with Gasteiger partial charge in [-0.2, -0.15) is 0 Å². The average molecular weight is 1270 g/mol. The van der Waals surface area contributed by atoms with E-state index >= 15 is 0 Å². The Labute approximate surface area is 519 Å². The molecule has 4 amide bonds. The minimum Gasteiger partial charge on any atom is -0.508 e. The number of hydrogen-bond donors (Lipinski definition) is 3. The number of hydrogen-bond acceptors (Lipinski definition) is 15. The number of thiophene rings is 2. The molecule has 2 aliphatic rings. The Hall–Kier alpha value is -7.68. The van der Waals surface area contributed by atoms with Gasteiger partial charge in [0, 0.05) is 90.3 Å². The topological polar surface area (TPSA) is 223 Å². The molecule has 0 spiro atoms. The van der Waals surface area contributed by atoms with Gasteiger partial charge in [-0.15, -0.1) is 22.7 Å². The van der Waals surface area contributed by atoms with E-state index in [9.17, 15) is 33.9 Å². The number of halogens is 1. The summed E-state index contributed by atoms with van der Waals surface area (Å²) < 4.78 is 11.8. The number of esters is 2. The van der Waals surface area contributed by atoms with E-state index in [1.54, 1.807) is 71.0 Å². The Balaban J connectivity index is 0.000000226. The first-order valence-electron chi connectivity index (χ1n) is 28.5. The highest BCUT2D eigenvalue weighted by Gasteiger charge is 2.42. The number of likely N-dealkylation sites (tertiary alicyclic amines) is 2. The molecule has 17 nitrogen and oxygen atoms in total. The highest BCUT2D eigenvalue weighted by molar-refractivity contribution is 9.10. The van der Waals surface area contributed by atoms with E-state index in [1.807, 2.05) is 102 Å². The molecule has 0 aliphatic carbocycles. The molecule has 3 aromatic carbocycles. The second-order valence-corrected chi connectivity index (χ2v) is 28.8. The number of phenolic OH excluding ortho intramolecular Hbond substituents is 1. The maximum Gasteiger partial charge on any atom is 0.313 e. The van der Waals surface area contributed by atoms with Crippen molar-refractivity contribution in [3.8, 4) is 39.7 Å². The maximum atomic E-state index is 13.7. The molecule has 9 rings (SSSR count). The summed E-state index contributed by atoms with van der Waals surface area (Å²) in [6, 6.07) is 28.0.